The zero-order valence-electron chi connectivity index (χ0n) is 19.9. The van der Waals surface area contributed by atoms with Crippen LogP contribution in [-0.4, -0.2) is 30.8 Å². The van der Waals surface area contributed by atoms with Crippen LogP contribution in [0.2, 0.25) is 0 Å². The number of ether oxygens (including phenoxy) is 2. The van der Waals surface area contributed by atoms with E-state index in [0.29, 0.717) is 6.54 Å². The molecule has 2 N–H and O–H groups in total. The lowest BCUT2D eigenvalue weighted by Gasteiger charge is -2.22. The van der Waals surface area contributed by atoms with Crippen molar-refractivity contribution >= 4 is 11.7 Å². The number of urea groups is 1. The number of aromatic nitrogens is 1. The zero-order chi connectivity index (χ0) is 23.8. The third-order valence-electron chi connectivity index (χ3n) is 6.26. The number of rotatable bonds is 9. The van der Waals surface area contributed by atoms with Gasteiger partial charge in [-0.25, -0.2) is 4.79 Å². The van der Waals surface area contributed by atoms with E-state index < -0.39 is 0 Å². The Hall–Kier alpha value is -3.54. The SMILES string of the molecule is CCNC(=O)Nc1cccc([C@@H](Cc2ccncc2)c2ccc(OC)c(OC3CCCC3)c2)c1. The summed E-state index contributed by atoms with van der Waals surface area (Å²) in [6, 6.07) is 18.1. The number of amides is 2. The van der Waals surface area contributed by atoms with E-state index in [1.807, 2.05) is 55.7 Å². The normalized spacial score (nSPS) is 14.4. The lowest BCUT2D eigenvalue weighted by Crippen LogP contribution is -2.28. The van der Waals surface area contributed by atoms with Crippen LogP contribution >= 0.6 is 0 Å². The van der Waals surface area contributed by atoms with Gasteiger partial charge in [0.05, 0.1) is 13.2 Å². The molecule has 0 spiro atoms. The van der Waals surface area contributed by atoms with Crippen LogP contribution in [0.15, 0.2) is 67.0 Å². The average molecular weight is 460 g/mol. The molecule has 1 atom stereocenters. The van der Waals surface area contributed by atoms with E-state index in [0.717, 1.165) is 47.6 Å². The number of nitrogens with zero attached hydrogens (tertiary/aromatic N) is 1. The first-order chi connectivity index (χ1) is 16.7. The highest BCUT2D eigenvalue weighted by molar-refractivity contribution is 5.89. The number of benzene rings is 2. The molecule has 6 nitrogen and oxygen atoms in total. The van der Waals surface area contributed by atoms with Crippen LogP contribution in [0.4, 0.5) is 10.5 Å². The Labute approximate surface area is 201 Å². The second-order valence-electron chi connectivity index (χ2n) is 8.66. The Morgan fingerprint density at radius 1 is 1.03 bits per heavy atom. The molecule has 1 saturated carbocycles. The fraction of sp³-hybridized carbons (Fsp3) is 0.357. The molecule has 178 valence electrons. The van der Waals surface area contributed by atoms with Crippen LogP contribution in [0, 0.1) is 0 Å². The number of hydrogen-bond acceptors (Lipinski definition) is 4. The van der Waals surface area contributed by atoms with Gasteiger partial charge in [-0.3, -0.25) is 4.98 Å². The summed E-state index contributed by atoms with van der Waals surface area (Å²) in [4.78, 5) is 16.2. The van der Waals surface area contributed by atoms with Crippen molar-refractivity contribution in [3.63, 3.8) is 0 Å². The van der Waals surface area contributed by atoms with Crippen molar-refractivity contribution in [2.45, 2.75) is 51.0 Å². The van der Waals surface area contributed by atoms with Crippen molar-refractivity contribution in [3.05, 3.63) is 83.7 Å². The summed E-state index contributed by atoms with van der Waals surface area (Å²) in [7, 11) is 1.68. The van der Waals surface area contributed by atoms with Crippen molar-refractivity contribution < 1.29 is 14.3 Å². The molecular weight excluding hydrogens is 426 g/mol. The van der Waals surface area contributed by atoms with Crippen LogP contribution in [0.25, 0.3) is 0 Å². The van der Waals surface area contributed by atoms with E-state index in [1.54, 1.807) is 7.11 Å². The highest BCUT2D eigenvalue weighted by atomic mass is 16.5. The first-order valence-electron chi connectivity index (χ1n) is 12.0. The van der Waals surface area contributed by atoms with Gasteiger partial charge in [0.15, 0.2) is 11.5 Å². The Balaban J connectivity index is 1.68. The van der Waals surface area contributed by atoms with Gasteiger partial charge in [0.1, 0.15) is 0 Å². The van der Waals surface area contributed by atoms with E-state index >= 15 is 0 Å². The Kier molecular flexibility index (Phi) is 8.02. The molecule has 0 saturated heterocycles. The quantitative estimate of drug-likeness (QED) is 0.416. The van der Waals surface area contributed by atoms with Crippen molar-refractivity contribution in [2.75, 3.05) is 19.0 Å². The standard InChI is InChI=1S/C28H33N3O3/c1-3-30-28(32)31-23-8-6-7-21(18-23)25(17-20-13-15-29-16-14-20)22-11-12-26(33-2)27(19-22)34-24-9-4-5-10-24/h6-8,11-16,18-19,24-25H,3-5,9-10,17H2,1-2H3,(H2,30,31,32)/t25-/m1/s1. The molecule has 3 aromatic rings. The van der Waals surface area contributed by atoms with Crippen LogP contribution < -0.4 is 20.1 Å². The van der Waals surface area contributed by atoms with E-state index in [-0.39, 0.29) is 18.1 Å². The van der Waals surface area contributed by atoms with Gasteiger partial charge < -0.3 is 20.1 Å². The summed E-state index contributed by atoms with van der Waals surface area (Å²) < 4.78 is 12.0. The first kappa shape index (κ1) is 23.6. The van der Waals surface area contributed by atoms with Crippen LogP contribution in [0.5, 0.6) is 11.5 Å². The molecule has 34 heavy (non-hydrogen) atoms. The number of nitrogens with one attached hydrogen (secondary N) is 2. The molecule has 2 amide bonds. The molecule has 0 bridgehead atoms. The topological polar surface area (TPSA) is 72.5 Å². The number of carbonyl (C=O) groups excluding carboxylic acids is 1. The molecule has 1 heterocycles. The van der Waals surface area contributed by atoms with Gasteiger partial charge in [0.2, 0.25) is 0 Å². The monoisotopic (exact) mass is 459 g/mol. The maximum Gasteiger partial charge on any atom is 0.319 e. The fourth-order valence-electron chi connectivity index (χ4n) is 4.54. The highest BCUT2D eigenvalue weighted by Crippen LogP contribution is 2.37. The second kappa shape index (κ2) is 11.5. The van der Waals surface area contributed by atoms with Crippen LogP contribution in [0.3, 0.4) is 0 Å². The molecule has 4 rings (SSSR count). The zero-order valence-corrected chi connectivity index (χ0v) is 19.9. The molecule has 2 aromatic carbocycles. The molecule has 1 fully saturated rings. The molecule has 1 aromatic heterocycles. The molecule has 6 heteroatoms. The lowest BCUT2D eigenvalue weighted by atomic mass is 9.85. The van der Waals surface area contributed by atoms with Gasteiger partial charge in [-0.15, -0.1) is 0 Å². The minimum atomic E-state index is -0.206. The Bertz CT molecular complexity index is 1080. The molecule has 1 aliphatic carbocycles. The van der Waals surface area contributed by atoms with E-state index in [4.69, 9.17) is 9.47 Å². The van der Waals surface area contributed by atoms with E-state index in [9.17, 15) is 4.79 Å². The first-order valence-corrected chi connectivity index (χ1v) is 12.0. The van der Waals surface area contributed by atoms with Crippen LogP contribution in [0.1, 0.15) is 55.2 Å². The summed E-state index contributed by atoms with van der Waals surface area (Å²) in [5.41, 5.74) is 4.21. The Morgan fingerprint density at radius 2 is 1.79 bits per heavy atom. The summed E-state index contributed by atoms with van der Waals surface area (Å²) >= 11 is 0. The van der Waals surface area contributed by atoms with Gasteiger partial charge in [0, 0.05) is 30.5 Å². The van der Waals surface area contributed by atoms with Gasteiger partial charge in [-0.05, 0) is 92.1 Å². The smallest absolute Gasteiger partial charge is 0.319 e. The Morgan fingerprint density at radius 3 is 2.53 bits per heavy atom. The van der Waals surface area contributed by atoms with Crippen molar-refractivity contribution in [1.29, 1.82) is 0 Å². The number of anilines is 1. The summed E-state index contributed by atoms with van der Waals surface area (Å²) in [6.07, 6.45) is 9.27. The third kappa shape index (κ3) is 6.07. The minimum Gasteiger partial charge on any atom is -0.493 e. The van der Waals surface area contributed by atoms with Crippen molar-refractivity contribution in [1.82, 2.24) is 10.3 Å². The van der Waals surface area contributed by atoms with Gasteiger partial charge in [-0.2, -0.15) is 0 Å². The highest BCUT2D eigenvalue weighted by Gasteiger charge is 2.22. The van der Waals surface area contributed by atoms with E-state index in [1.165, 1.54) is 18.4 Å². The van der Waals surface area contributed by atoms with Gasteiger partial charge >= 0.3 is 6.03 Å². The second-order valence-corrected chi connectivity index (χ2v) is 8.66. The summed E-state index contributed by atoms with van der Waals surface area (Å²) in [5.74, 6) is 1.61. The molecule has 0 radical (unpaired) electrons. The number of hydrogen-bond donors (Lipinski definition) is 2. The fourth-order valence-corrected chi connectivity index (χ4v) is 4.54. The average Bonchev–Trinajstić information content (AvgIpc) is 3.36. The largest absolute Gasteiger partial charge is 0.493 e. The number of carbonyl (C=O) groups is 1. The lowest BCUT2D eigenvalue weighted by molar-refractivity contribution is 0.200. The maximum atomic E-state index is 12.1. The summed E-state index contributed by atoms with van der Waals surface area (Å²) in [6.45, 7) is 2.47. The predicted octanol–water partition coefficient (Wildman–Crippen LogP) is 5.93. The van der Waals surface area contributed by atoms with Crippen LogP contribution in [-0.2, 0) is 6.42 Å². The van der Waals surface area contributed by atoms with Crippen molar-refractivity contribution in [3.8, 4) is 11.5 Å². The van der Waals surface area contributed by atoms with Gasteiger partial charge in [-0.1, -0.05) is 18.2 Å². The molecular formula is C28H33N3O3. The molecule has 0 unspecified atom stereocenters. The summed E-state index contributed by atoms with van der Waals surface area (Å²) in [5, 5.41) is 5.71. The predicted molar refractivity (Wildman–Crippen MR) is 135 cm³/mol. The third-order valence-corrected chi connectivity index (χ3v) is 6.26. The van der Waals surface area contributed by atoms with Gasteiger partial charge in [0.25, 0.3) is 0 Å². The van der Waals surface area contributed by atoms with E-state index in [2.05, 4.69) is 33.8 Å². The maximum absolute atomic E-state index is 12.1. The minimum absolute atomic E-state index is 0.0650. The number of pyridine rings is 1. The van der Waals surface area contributed by atoms with Crippen molar-refractivity contribution in [2.24, 2.45) is 0 Å². The molecule has 0 aliphatic heterocycles. The molecule has 1 aliphatic rings. The number of methoxy groups -OCH3 is 1.